The van der Waals surface area contributed by atoms with Gasteiger partial charge in [-0.3, -0.25) is 0 Å². The lowest BCUT2D eigenvalue weighted by molar-refractivity contribution is -0.676. The first kappa shape index (κ1) is 16.4. The molecule has 0 saturated heterocycles. The number of rotatable bonds is 7. The van der Waals surface area contributed by atoms with Crippen molar-refractivity contribution in [2.45, 2.75) is 12.6 Å². The van der Waals surface area contributed by atoms with E-state index >= 15 is 0 Å². The number of benzene rings is 3. The van der Waals surface area contributed by atoms with Crippen molar-refractivity contribution in [2.24, 2.45) is 0 Å². The minimum atomic E-state index is -0.615. The SMILES string of the molecule is O[C@H](C[NH2+]Cc1ccccc1F)COc1cccc2ccccc12. The number of aliphatic hydroxyl groups is 1. The molecule has 24 heavy (non-hydrogen) atoms. The van der Waals surface area contributed by atoms with Gasteiger partial charge in [-0.05, 0) is 17.5 Å². The number of nitrogens with two attached hydrogens (primary N) is 1. The maximum atomic E-state index is 13.5. The molecule has 0 aliphatic heterocycles. The van der Waals surface area contributed by atoms with Crippen LogP contribution in [0, 0.1) is 5.82 Å². The fourth-order valence-electron chi connectivity index (χ4n) is 2.67. The summed E-state index contributed by atoms with van der Waals surface area (Å²) in [4.78, 5) is 0. The highest BCUT2D eigenvalue weighted by atomic mass is 19.1. The minimum Gasteiger partial charge on any atom is -0.490 e. The van der Waals surface area contributed by atoms with Gasteiger partial charge in [0.1, 0.15) is 37.4 Å². The Morgan fingerprint density at radius 3 is 2.58 bits per heavy atom. The van der Waals surface area contributed by atoms with Crippen LogP contribution in [0.1, 0.15) is 5.56 Å². The number of fused-ring (bicyclic) bond motifs is 1. The van der Waals surface area contributed by atoms with E-state index in [0.717, 1.165) is 16.5 Å². The molecule has 124 valence electrons. The number of halogens is 1. The zero-order valence-electron chi connectivity index (χ0n) is 13.4. The molecule has 0 spiro atoms. The van der Waals surface area contributed by atoms with Gasteiger partial charge in [-0.1, -0.05) is 54.6 Å². The smallest absolute Gasteiger partial charge is 0.137 e. The molecule has 0 fully saturated rings. The van der Waals surface area contributed by atoms with Crippen molar-refractivity contribution in [1.29, 1.82) is 0 Å². The van der Waals surface area contributed by atoms with Crippen molar-refractivity contribution in [3.05, 3.63) is 78.1 Å². The Bertz CT molecular complexity index is 801. The summed E-state index contributed by atoms with van der Waals surface area (Å²) < 4.78 is 19.3. The Balaban J connectivity index is 1.50. The minimum absolute atomic E-state index is 0.210. The Hall–Kier alpha value is -2.43. The molecule has 0 amide bonds. The monoisotopic (exact) mass is 326 g/mol. The van der Waals surface area contributed by atoms with E-state index in [-0.39, 0.29) is 12.4 Å². The van der Waals surface area contributed by atoms with Gasteiger partial charge >= 0.3 is 0 Å². The first-order chi connectivity index (χ1) is 11.7. The normalized spacial score (nSPS) is 12.2. The topological polar surface area (TPSA) is 46.1 Å². The summed E-state index contributed by atoms with van der Waals surface area (Å²) in [5.41, 5.74) is 0.639. The molecule has 3 nitrogen and oxygen atoms in total. The van der Waals surface area contributed by atoms with E-state index < -0.39 is 6.10 Å². The summed E-state index contributed by atoms with van der Waals surface area (Å²) in [5.74, 6) is 0.552. The molecule has 0 saturated carbocycles. The highest BCUT2D eigenvalue weighted by molar-refractivity contribution is 5.88. The van der Waals surface area contributed by atoms with E-state index in [2.05, 4.69) is 0 Å². The molecule has 0 radical (unpaired) electrons. The molecule has 3 aromatic rings. The van der Waals surface area contributed by atoms with Gasteiger partial charge in [0.15, 0.2) is 0 Å². The first-order valence-corrected chi connectivity index (χ1v) is 8.08. The highest BCUT2D eigenvalue weighted by Gasteiger charge is 2.10. The van der Waals surface area contributed by atoms with E-state index in [1.54, 1.807) is 12.1 Å². The standard InChI is InChI=1S/C20H20FNO2/c21-19-10-4-2-7-16(19)12-22-13-17(23)14-24-20-11-5-8-15-6-1-3-9-18(15)20/h1-11,17,22-23H,12-14H2/p+1/t17-/m1/s1. The summed E-state index contributed by atoms with van der Waals surface area (Å²) in [6, 6.07) is 20.5. The number of hydrogen-bond donors (Lipinski definition) is 2. The molecule has 0 aliphatic carbocycles. The zero-order valence-corrected chi connectivity index (χ0v) is 13.4. The molecule has 3 aromatic carbocycles. The lowest BCUT2D eigenvalue weighted by Gasteiger charge is -2.13. The fourth-order valence-corrected chi connectivity index (χ4v) is 2.67. The van der Waals surface area contributed by atoms with Crippen molar-refractivity contribution in [3.63, 3.8) is 0 Å². The predicted molar refractivity (Wildman–Crippen MR) is 92.3 cm³/mol. The molecule has 3 N–H and O–H groups in total. The van der Waals surface area contributed by atoms with Crippen molar-refractivity contribution < 1.29 is 19.6 Å². The third-order valence-corrected chi connectivity index (χ3v) is 3.94. The van der Waals surface area contributed by atoms with Crippen molar-refractivity contribution in [3.8, 4) is 5.75 Å². The molecular weight excluding hydrogens is 305 g/mol. The van der Waals surface area contributed by atoms with Gasteiger partial charge < -0.3 is 15.2 Å². The molecule has 0 bridgehead atoms. The first-order valence-electron chi connectivity index (χ1n) is 8.08. The van der Waals surface area contributed by atoms with Crippen LogP contribution in [0.3, 0.4) is 0 Å². The van der Waals surface area contributed by atoms with Crippen molar-refractivity contribution >= 4 is 10.8 Å². The molecular formula is C20H21FNO2+. The van der Waals surface area contributed by atoms with Crippen LogP contribution in [0.2, 0.25) is 0 Å². The van der Waals surface area contributed by atoms with Crippen LogP contribution in [-0.2, 0) is 6.54 Å². The maximum Gasteiger partial charge on any atom is 0.137 e. The van der Waals surface area contributed by atoms with Gasteiger partial charge in [0, 0.05) is 10.9 Å². The maximum absolute atomic E-state index is 13.5. The van der Waals surface area contributed by atoms with Gasteiger partial charge in [0.05, 0.1) is 0 Å². The Morgan fingerprint density at radius 2 is 1.71 bits per heavy atom. The van der Waals surface area contributed by atoms with Crippen LogP contribution in [0.15, 0.2) is 66.7 Å². The average molecular weight is 326 g/mol. The van der Waals surface area contributed by atoms with Gasteiger partial charge in [-0.2, -0.15) is 0 Å². The summed E-state index contributed by atoms with van der Waals surface area (Å²) >= 11 is 0. The van der Waals surface area contributed by atoms with Crippen LogP contribution in [-0.4, -0.2) is 24.4 Å². The summed E-state index contributed by atoms with van der Waals surface area (Å²) in [6.07, 6.45) is -0.615. The van der Waals surface area contributed by atoms with Gasteiger partial charge in [-0.25, -0.2) is 4.39 Å². The Morgan fingerprint density at radius 1 is 0.958 bits per heavy atom. The molecule has 1 atom stereocenters. The second-order valence-corrected chi connectivity index (χ2v) is 5.76. The number of hydrogen-bond acceptors (Lipinski definition) is 2. The summed E-state index contributed by atoms with van der Waals surface area (Å²) in [7, 11) is 0. The van der Waals surface area contributed by atoms with Crippen molar-refractivity contribution in [1.82, 2.24) is 0 Å². The van der Waals surface area contributed by atoms with Crippen LogP contribution < -0.4 is 10.1 Å². The fraction of sp³-hybridized carbons (Fsp3) is 0.200. The second-order valence-electron chi connectivity index (χ2n) is 5.76. The van der Waals surface area contributed by atoms with Gasteiger partial charge in [-0.15, -0.1) is 0 Å². The van der Waals surface area contributed by atoms with E-state index in [0.29, 0.717) is 18.7 Å². The van der Waals surface area contributed by atoms with E-state index in [4.69, 9.17) is 4.74 Å². The predicted octanol–water partition coefficient (Wildman–Crippen LogP) is 2.48. The second kappa shape index (κ2) is 7.90. The highest BCUT2D eigenvalue weighted by Crippen LogP contribution is 2.25. The van der Waals surface area contributed by atoms with Crippen LogP contribution >= 0.6 is 0 Å². The summed E-state index contributed by atoms with van der Waals surface area (Å²) in [6.45, 7) is 1.17. The Labute approximate surface area is 140 Å². The van der Waals surface area contributed by atoms with Crippen LogP contribution in [0.4, 0.5) is 4.39 Å². The van der Waals surface area contributed by atoms with E-state index in [9.17, 15) is 9.50 Å². The van der Waals surface area contributed by atoms with Crippen LogP contribution in [0.5, 0.6) is 5.75 Å². The van der Waals surface area contributed by atoms with Gasteiger partial charge in [0.25, 0.3) is 0 Å². The van der Waals surface area contributed by atoms with Gasteiger partial charge in [0.2, 0.25) is 0 Å². The Kier molecular flexibility index (Phi) is 5.41. The summed E-state index contributed by atoms with van der Waals surface area (Å²) in [5, 5.41) is 14.1. The average Bonchev–Trinajstić information content (AvgIpc) is 2.61. The third kappa shape index (κ3) is 4.10. The van der Waals surface area contributed by atoms with E-state index in [1.807, 2.05) is 53.8 Å². The number of ether oxygens (including phenoxy) is 1. The molecule has 0 unspecified atom stereocenters. The number of aliphatic hydroxyl groups excluding tert-OH is 1. The largest absolute Gasteiger partial charge is 0.490 e. The van der Waals surface area contributed by atoms with E-state index in [1.165, 1.54) is 6.07 Å². The molecule has 0 aliphatic rings. The molecule has 4 heteroatoms. The molecule has 0 heterocycles. The quantitative estimate of drug-likeness (QED) is 0.701. The lowest BCUT2D eigenvalue weighted by atomic mass is 10.1. The molecule has 0 aromatic heterocycles. The zero-order chi connectivity index (χ0) is 16.8. The number of quaternary nitrogens is 1. The van der Waals surface area contributed by atoms with Crippen LogP contribution in [0.25, 0.3) is 10.8 Å². The molecule has 3 rings (SSSR count). The third-order valence-electron chi connectivity index (χ3n) is 3.94. The van der Waals surface area contributed by atoms with Crippen molar-refractivity contribution in [2.75, 3.05) is 13.2 Å². The lowest BCUT2D eigenvalue weighted by Crippen LogP contribution is -2.85.